The summed E-state index contributed by atoms with van der Waals surface area (Å²) in [5.41, 5.74) is -3.41. The highest BCUT2D eigenvalue weighted by Gasteiger charge is 2.88. The second kappa shape index (κ2) is 4.83. The third-order valence-corrected chi connectivity index (χ3v) is 8.93. The Labute approximate surface area is 157 Å². The van der Waals surface area contributed by atoms with Crippen LogP contribution < -0.4 is 0 Å². The molecule has 2 aliphatic heterocycles. The summed E-state index contributed by atoms with van der Waals surface area (Å²) >= 11 is 0. The number of aliphatic hydroxyl groups is 5. The van der Waals surface area contributed by atoms with Crippen LogP contribution in [0.2, 0.25) is 0 Å². The molecule has 0 aromatic rings. The van der Waals surface area contributed by atoms with Crippen molar-refractivity contribution in [1.82, 2.24) is 0 Å². The molecule has 4 aliphatic carbocycles. The van der Waals surface area contributed by atoms with E-state index < -0.39 is 70.2 Å². The summed E-state index contributed by atoms with van der Waals surface area (Å²) in [5, 5.41) is 56.2. The normalized spacial score (nSPS) is 60.9. The molecule has 2 spiro atoms. The van der Waals surface area contributed by atoms with Crippen molar-refractivity contribution in [3.8, 4) is 0 Å². The molecule has 0 unspecified atom stereocenters. The second-order valence-electron chi connectivity index (χ2n) is 10.0. The van der Waals surface area contributed by atoms with Crippen molar-refractivity contribution < 1.29 is 35.1 Å². The molecule has 7 nitrogen and oxygen atoms in total. The van der Waals surface area contributed by atoms with Crippen LogP contribution in [0, 0.1) is 34.0 Å². The molecule has 27 heavy (non-hydrogen) atoms. The first-order valence-electron chi connectivity index (χ1n) is 9.85. The van der Waals surface area contributed by atoms with E-state index in [1.54, 1.807) is 0 Å². The lowest BCUT2D eigenvalue weighted by Crippen LogP contribution is -2.87. The van der Waals surface area contributed by atoms with Gasteiger partial charge >= 0.3 is 0 Å². The zero-order chi connectivity index (χ0) is 19.7. The quantitative estimate of drug-likeness (QED) is 0.365. The molecule has 4 bridgehead atoms. The van der Waals surface area contributed by atoms with Gasteiger partial charge in [-0.3, -0.25) is 4.79 Å². The van der Waals surface area contributed by atoms with Gasteiger partial charge in [-0.05, 0) is 42.6 Å². The topological polar surface area (TPSA) is 127 Å². The molecule has 0 radical (unpaired) electrons. The number of carbonyl (C=O) groups excluding carboxylic acids is 1. The van der Waals surface area contributed by atoms with Crippen molar-refractivity contribution in [1.29, 1.82) is 0 Å². The Morgan fingerprint density at radius 2 is 1.74 bits per heavy atom. The number of aliphatic hydroxyl groups excluding tert-OH is 4. The van der Waals surface area contributed by atoms with Gasteiger partial charge in [0.05, 0.1) is 17.6 Å². The van der Waals surface area contributed by atoms with Crippen molar-refractivity contribution in [3.63, 3.8) is 0 Å². The molecule has 7 heteroatoms. The smallest absolute Gasteiger partial charge is 0.211 e. The molecular formula is C20H28O7. The van der Waals surface area contributed by atoms with E-state index in [4.69, 9.17) is 4.74 Å². The van der Waals surface area contributed by atoms with E-state index in [9.17, 15) is 30.3 Å². The summed E-state index contributed by atoms with van der Waals surface area (Å²) in [6.07, 6.45) is -3.43. The van der Waals surface area contributed by atoms with Gasteiger partial charge in [-0.25, -0.2) is 0 Å². The summed E-state index contributed by atoms with van der Waals surface area (Å²) in [4.78, 5) is 13.4. The Kier molecular flexibility index (Phi) is 3.26. The molecule has 6 aliphatic rings. The van der Waals surface area contributed by atoms with Crippen molar-refractivity contribution >= 4 is 5.78 Å². The molecule has 2 saturated heterocycles. The fourth-order valence-corrected chi connectivity index (χ4v) is 7.96. The molecule has 4 saturated carbocycles. The monoisotopic (exact) mass is 380 g/mol. The Balaban J connectivity index is 1.84. The first-order chi connectivity index (χ1) is 12.5. The number of hydrogen-bond acceptors (Lipinski definition) is 7. The molecule has 0 aromatic heterocycles. The zero-order valence-electron chi connectivity index (χ0n) is 15.6. The Morgan fingerprint density at radius 1 is 1.07 bits per heavy atom. The Hall–Kier alpha value is -0.830. The maximum Gasteiger partial charge on any atom is 0.211 e. The highest BCUT2D eigenvalue weighted by atomic mass is 16.7. The Bertz CT molecular complexity index is 749. The number of ketones is 1. The highest BCUT2D eigenvalue weighted by Crippen LogP contribution is 2.77. The van der Waals surface area contributed by atoms with Crippen molar-refractivity contribution in [2.24, 2.45) is 34.0 Å². The molecular weight excluding hydrogens is 352 g/mol. The van der Waals surface area contributed by atoms with Crippen molar-refractivity contribution in [2.75, 3.05) is 0 Å². The van der Waals surface area contributed by atoms with E-state index in [1.165, 1.54) is 0 Å². The maximum atomic E-state index is 13.4. The van der Waals surface area contributed by atoms with Crippen LogP contribution in [0.4, 0.5) is 0 Å². The molecule has 10 atom stereocenters. The SMILES string of the molecule is C=C1C(=O)[C@]23[C@H](O)[C@H]1CC[C@H]2[C@]12[C@H](O)O[C@]3(O)[C@@H](O)[C@@H]1C(C)(C)CC[C@@H]2O. The van der Waals surface area contributed by atoms with Gasteiger partial charge in [0.2, 0.25) is 5.79 Å². The van der Waals surface area contributed by atoms with Gasteiger partial charge in [-0.1, -0.05) is 20.4 Å². The maximum absolute atomic E-state index is 13.4. The van der Waals surface area contributed by atoms with E-state index in [0.29, 0.717) is 25.7 Å². The van der Waals surface area contributed by atoms with Gasteiger partial charge in [-0.2, -0.15) is 0 Å². The molecule has 0 aromatic carbocycles. The van der Waals surface area contributed by atoms with Crippen LogP contribution in [0.1, 0.15) is 39.5 Å². The minimum Gasteiger partial charge on any atom is -0.392 e. The van der Waals surface area contributed by atoms with Crippen LogP contribution in [-0.4, -0.2) is 61.7 Å². The third-order valence-electron chi connectivity index (χ3n) is 8.93. The fourth-order valence-electron chi connectivity index (χ4n) is 7.96. The van der Waals surface area contributed by atoms with Crippen LogP contribution in [0.15, 0.2) is 12.2 Å². The molecule has 6 fully saturated rings. The predicted octanol–water partition coefficient (Wildman–Crippen LogP) is -0.306. The van der Waals surface area contributed by atoms with Crippen molar-refractivity contribution in [2.45, 2.75) is 69.9 Å². The van der Waals surface area contributed by atoms with E-state index in [2.05, 4.69) is 6.58 Å². The van der Waals surface area contributed by atoms with Crippen LogP contribution in [0.25, 0.3) is 0 Å². The summed E-state index contributed by atoms with van der Waals surface area (Å²) < 4.78 is 5.57. The van der Waals surface area contributed by atoms with Gasteiger partial charge in [-0.15, -0.1) is 0 Å². The van der Waals surface area contributed by atoms with E-state index in [1.807, 2.05) is 13.8 Å². The number of Topliss-reactive ketones (excluding diaryl/α,β-unsaturated/α-hetero) is 1. The second-order valence-corrected chi connectivity index (χ2v) is 10.0. The molecule has 0 amide bonds. The van der Waals surface area contributed by atoms with Crippen molar-refractivity contribution in [3.05, 3.63) is 12.2 Å². The Morgan fingerprint density at radius 3 is 2.41 bits per heavy atom. The van der Waals surface area contributed by atoms with Gasteiger partial charge in [0.25, 0.3) is 0 Å². The predicted molar refractivity (Wildman–Crippen MR) is 91.8 cm³/mol. The lowest BCUT2D eigenvalue weighted by atomic mass is 9.35. The number of fused-ring (bicyclic) bond motifs is 2. The lowest BCUT2D eigenvalue weighted by Gasteiger charge is -2.75. The van der Waals surface area contributed by atoms with Crippen LogP contribution >= 0.6 is 0 Å². The van der Waals surface area contributed by atoms with E-state index >= 15 is 0 Å². The summed E-state index contributed by atoms with van der Waals surface area (Å²) in [6.45, 7) is 7.72. The zero-order valence-corrected chi connectivity index (χ0v) is 15.6. The number of carbonyl (C=O) groups is 1. The summed E-state index contributed by atoms with van der Waals surface area (Å²) in [6, 6.07) is 0. The first-order valence-corrected chi connectivity index (χ1v) is 9.85. The average Bonchev–Trinajstić information content (AvgIpc) is 2.70. The molecule has 150 valence electrons. The minimum atomic E-state index is -2.42. The van der Waals surface area contributed by atoms with Crippen LogP contribution in [0.3, 0.4) is 0 Å². The molecule has 2 heterocycles. The standard InChI is InChI=1S/C20H28O7/c1-8-9-4-5-10-18-11(21)6-7-17(2,3)12(18)15(24)20(26,27-16(18)25)19(10,13(8)22)14(9)23/h9-12,14-16,21,23-26H,1,4-7H2,2-3H3/t9-,10-,11-,12+,14+,15-,16+,18+,19-,20+/m0/s1. The summed E-state index contributed by atoms with van der Waals surface area (Å²) in [7, 11) is 0. The number of hydrogen-bond donors (Lipinski definition) is 5. The number of rotatable bonds is 0. The lowest BCUT2D eigenvalue weighted by molar-refractivity contribution is -0.507. The van der Waals surface area contributed by atoms with E-state index in [0.717, 1.165) is 0 Å². The third kappa shape index (κ3) is 1.52. The minimum absolute atomic E-state index is 0.230. The van der Waals surface area contributed by atoms with Crippen LogP contribution in [0.5, 0.6) is 0 Å². The van der Waals surface area contributed by atoms with Gasteiger partial charge in [0.1, 0.15) is 11.5 Å². The highest BCUT2D eigenvalue weighted by molar-refractivity contribution is 6.05. The molecule has 6 rings (SSSR count). The van der Waals surface area contributed by atoms with Gasteiger partial charge in [0.15, 0.2) is 12.1 Å². The van der Waals surface area contributed by atoms with Gasteiger partial charge in [0, 0.05) is 11.8 Å². The number of ether oxygens (including phenoxy) is 1. The first kappa shape index (κ1) is 18.2. The fraction of sp³-hybridized carbons (Fsp3) is 0.850. The van der Waals surface area contributed by atoms with Crippen LogP contribution in [-0.2, 0) is 9.53 Å². The van der Waals surface area contributed by atoms with Gasteiger partial charge < -0.3 is 30.3 Å². The summed E-state index contributed by atoms with van der Waals surface area (Å²) in [5.74, 6) is -4.83. The largest absolute Gasteiger partial charge is 0.392 e. The average molecular weight is 380 g/mol. The molecule has 5 N–H and O–H groups in total. The van der Waals surface area contributed by atoms with E-state index in [-0.39, 0.29) is 5.57 Å².